The Morgan fingerprint density at radius 1 is 1.44 bits per heavy atom. The van der Waals surface area contributed by atoms with E-state index in [4.69, 9.17) is 0 Å². The zero-order valence-corrected chi connectivity index (χ0v) is 10.9. The first-order valence-electron chi connectivity index (χ1n) is 6.41. The van der Waals surface area contributed by atoms with E-state index < -0.39 is 0 Å². The van der Waals surface area contributed by atoms with Gasteiger partial charge in [-0.05, 0) is 30.4 Å². The van der Waals surface area contributed by atoms with Crippen molar-refractivity contribution < 1.29 is 4.39 Å². The third-order valence-electron chi connectivity index (χ3n) is 3.30. The smallest absolute Gasteiger partial charge is 0.191 e. The summed E-state index contributed by atoms with van der Waals surface area (Å²) in [6.07, 6.45) is 1.86. The lowest BCUT2D eigenvalue weighted by molar-refractivity contribution is 0.606. The topological polar surface area (TPSA) is 36.4 Å². The second-order valence-electron chi connectivity index (χ2n) is 4.80. The molecule has 0 aromatic heterocycles. The summed E-state index contributed by atoms with van der Waals surface area (Å²) < 4.78 is 13.4. The van der Waals surface area contributed by atoms with Crippen LogP contribution in [-0.2, 0) is 6.42 Å². The summed E-state index contributed by atoms with van der Waals surface area (Å²) in [5.74, 6) is 1.40. The molecule has 0 bridgehead atoms. The van der Waals surface area contributed by atoms with Crippen LogP contribution in [0.3, 0.4) is 0 Å². The molecule has 1 aliphatic carbocycles. The quantitative estimate of drug-likeness (QED) is 0.632. The number of nitrogens with zero attached hydrogens (tertiary/aromatic N) is 1. The number of guanidine groups is 1. The van der Waals surface area contributed by atoms with Crippen molar-refractivity contribution in [1.82, 2.24) is 10.6 Å². The molecule has 1 aromatic carbocycles. The Hall–Kier alpha value is -1.58. The van der Waals surface area contributed by atoms with Crippen LogP contribution in [0.25, 0.3) is 0 Å². The largest absolute Gasteiger partial charge is 0.356 e. The van der Waals surface area contributed by atoms with Gasteiger partial charge in [-0.3, -0.25) is 4.99 Å². The van der Waals surface area contributed by atoms with Crippen molar-refractivity contribution >= 4 is 5.96 Å². The predicted molar refractivity (Wildman–Crippen MR) is 72.2 cm³/mol. The minimum Gasteiger partial charge on any atom is -0.356 e. The third kappa shape index (κ3) is 3.45. The second kappa shape index (κ2) is 5.85. The lowest BCUT2D eigenvalue weighted by Gasteiger charge is -2.11. The molecule has 1 aliphatic rings. The Balaban J connectivity index is 1.75. The van der Waals surface area contributed by atoms with Gasteiger partial charge in [-0.15, -0.1) is 0 Å². The number of rotatable bonds is 4. The van der Waals surface area contributed by atoms with Crippen molar-refractivity contribution in [2.45, 2.75) is 25.8 Å². The van der Waals surface area contributed by atoms with Gasteiger partial charge >= 0.3 is 0 Å². The molecule has 1 aromatic rings. The van der Waals surface area contributed by atoms with Gasteiger partial charge in [0.1, 0.15) is 5.82 Å². The van der Waals surface area contributed by atoms with E-state index in [1.807, 2.05) is 12.1 Å². The molecule has 2 atom stereocenters. The zero-order chi connectivity index (χ0) is 13.0. The highest BCUT2D eigenvalue weighted by Gasteiger charge is 2.33. The van der Waals surface area contributed by atoms with Gasteiger partial charge in [0, 0.05) is 19.6 Å². The Morgan fingerprint density at radius 2 is 2.17 bits per heavy atom. The molecule has 4 heteroatoms. The first-order valence-corrected chi connectivity index (χ1v) is 6.41. The van der Waals surface area contributed by atoms with E-state index in [1.54, 1.807) is 13.1 Å². The van der Waals surface area contributed by atoms with Gasteiger partial charge in [-0.25, -0.2) is 4.39 Å². The van der Waals surface area contributed by atoms with Crippen LogP contribution in [0, 0.1) is 11.7 Å². The molecule has 0 aliphatic heterocycles. The lowest BCUT2D eigenvalue weighted by Crippen LogP contribution is -2.40. The average molecular weight is 249 g/mol. The van der Waals surface area contributed by atoms with Crippen LogP contribution in [0.2, 0.25) is 0 Å². The summed E-state index contributed by atoms with van der Waals surface area (Å²) in [6.45, 7) is 2.89. The second-order valence-corrected chi connectivity index (χ2v) is 4.80. The molecule has 1 saturated carbocycles. The minimum atomic E-state index is -0.141. The molecule has 3 nitrogen and oxygen atoms in total. The number of nitrogens with one attached hydrogen (secondary N) is 2. The van der Waals surface area contributed by atoms with Crippen LogP contribution in [0.15, 0.2) is 29.3 Å². The molecule has 2 rings (SSSR count). The van der Waals surface area contributed by atoms with Crippen LogP contribution in [0.5, 0.6) is 0 Å². The maximum atomic E-state index is 13.4. The molecule has 0 radical (unpaired) electrons. The van der Waals surface area contributed by atoms with Crippen molar-refractivity contribution in [2.75, 3.05) is 13.6 Å². The monoisotopic (exact) mass is 249 g/mol. The summed E-state index contributed by atoms with van der Waals surface area (Å²) in [4.78, 5) is 4.16. The number of benzene rings is 1. The number of aliphatic imine (C=N–C) groups is 1. The standard InChI is InChI=1S/C14H20FN3/c1-10-9-13(10)18-14(16-2)17-8-7-11-5-3-4-6-12(11)15/h3-6,10,13H,7-9H2,1-2H3,(H2,16,17,18). The van der Waals surface area contributed by atoms with Crippen molar-refractivity contribution in [3.8, 4) is 0 Å². The van der Waals surface area contributed by atoms with Gasteiger partial charge in [0.25, 0.3) is 0 Å². The molecular weight excluding hydrogens is 229 g/mol. The van der Waals surface area contributed by atoms with E-state index in [0.29, 0.717) is 19.0 Å². The SMILES string of the molecule is CN=C(NCCc1ccccc1F)NC1CC1C. The fourth-order valence-electron chi connectivity index (χ4n) is 1.91. The maximum absolute atomic E-state index is 13.4. The molecule has 0 saturated heterocycles. The predicted octanol–water partition coefficient (Wildman–Crippen LogP) is 1.94. The highest BCUT2D eigenvalue weighted by molar-refractivity contribution is 5.80. The molecule has 1 fully saturated rings. The molecule has 2 unspecified atom stereocenters. The van der Waals surface area contributed by atoms with Crippen LogP contribution >= 0.6 is 0 Å². The normalized spacial score (nSPS) is 22.7. The van der Waals surface area contributed by atoms with Crippen LogP contribution in [-0.4, -0.2) is 25.6 Å². The summed E-state index contributed by atoms with van der Waals surface area (Å²) in [5.41, 5.74) is 0.736. The fraction of sp³-hybridized carbons (Fsp3) is 0.500. The molecule has 2 N–H and O–H groups in total. The van der Waals surface area contributed by atoms with Gasteiger partial charge in [0.15, 0.2) is 5.96 Å². The maximum Gasteiger partial charge on any atom is 0.191 e. The van der Waals surface area contributed by atoms with E-state index >= 15 is 0 Å². The first kappa shape index (κ1) is 12.9. The van der Waals surface area contributed by atoms with Gasteiger partial charge in [-0.2, -0.15) is 0 Å². The van der Waals surface area contributed by atoms with E-state index in [2.05, 4.69) is 22.5 Å². The molecule has 98 valence electrons. The Kier molecular flexibility index (Phi) is 4.18. The highest BCUT2D eigenvalue weighted by atomic mass is 19.1. The number of hydrogen-bond donors (Lipinski definition) is 2. The zero-order valence-electron chi connectivity index (χ0n) is 10.9. The molecule has 0 amide bonds. The van der Waals surface area contributed by atoms with Crippen molar-refractivity contribution in [3.05, 3.63) is 35.6 Å². The third-order valence-corrected chi connectivity index (χ3v) is 3.30. The van der Waals surface area contributed by atoms with E-state index in [1.165, 1.54) is 12.5 Å². The van der Waals surface area contributed by atoms with Crippen molar-refractivity contribution in [2.24, 2.45) is 10.9 Å². The average Bonchev–Trinajstić information content (AvgIpc) is 3.06. The van der Waals surface area contributed by atoms with Gasteiger partial charge in [0.2, 0.25) is 0 Å². The van der Waals surface area contributed by atoms with Crippen LogP contribution in [0.4, 0.5) is 4.39 Å². The van der Waals surface area contributed by atoms with Crippen LogP contribution in [0.1, 0.15) is 18.9 Å². The number of halogens is 1. The van der Waals surface area contributed by atoms with Gasteiger partial charge in [0.05, 0.1) is 0 Å². The van der Waals surface area contributed by atoms with E-state index in [-0.39, 0.29) is 5.82 Å². The van der Waals surface area contributed by atoms with Gasteiger partial charge < -0.3 is 10.6 Å². The molecule has 0 spiro atoms. The summed E-state index contributed by atoms with van der Waals surface area (Å²) in [6, 6.07) is 7.42. The molecule has 18 heavy (non-hydrogen) atoms. The van der Waals surface area contributed by atoms with Gasteiger partial charge in [-0.1, -0.05) is 25.1 Å². The highest BCUT2D eigenvalue weighted by Crippen LogP contribution is 2.28. The van der Waals surface area contributed by atoms with Crippen molar-refractivity contribution in [3.63, 3.8) is 0 Å². The number of hydrogen-bond acceptors (Lipinski definition) is 1. The first-order chi connectivity index (χ1) is 8.70. The molecular formula is C14H20FN3. The summed E-state index contributed by atoms with van der Waals surface area (Å²) >= 11 is 0. The Morgan fingerprint density at radius 3 is 2.78 bits per heavy atom. The van der Waals surface area contributed by atoms with E-state index in [0.717, 1.165) is 17.4 Å². The van der Waals surface area contributed by atoms with Crippen molar-refractivity contribution in [1.29, 1.82) is 0 Å². The van der Waals surface area contributed by atoms with E-state index in [9.17, 15) is 4.39 Å². The Labute approximate surface area is 108 Å². The Bertz CT molecular complexity index is 431. The summed E-state index contributed by atoms with van der Waals surface area (Å²) in [7, 11) is 1.76. The fourth-order valence-corrected chi connectivity index (χ4v) is 1.91. The summed E-state index contributed by atoms with van der Waals surface area (Å²) in [5, 5.41) is 6.55. The van der Waals surface area contributed by atoms with Crippen LogP contribution < -0.4 is 10.6 Å². The molecule has 0 heterocycles. The minimum absolute atomic E-state index is 0.141. The lowest BCUT2D eigenvalue weighted by atomic mass is 10.1.